The molecule has 20 heavy (non-hydrogen) atoms. The second kappa shape index (κ2) is 6.36. The van der Waals surface area contributed by atoms with Crippen LogP contribution in [0, 0.1) is 17.7 Å². The lowest BCUT2D eigenvalue weighted by Gasteiger charge is -2.10. The molecular formula is C16H18FN3. The van der Waals surface area contributed by atoms with Crippen molar-refractivity contribution in [3.05, 3.63) is 53.4 Å². The van der Waals surface area contributed by atoms with Gasteiger partial charge in [-0.05, 0) is 23.8 Å². The average molecular weight is 271 g/mol. The maximum atomic E-state index is 13.6. The largest absolute Gasteiger partial charge is 0.330 e. The first-order valence-electron chi connectivity index (χ1n) is 6.59. The number of hydrogen-bond donors (Lipinski definition) is 1. The zero-order valence-corrected chi connectivity index (χ0v) is 11.7. The van der Waals surface area contributed by atoms with E-state index in [1.54, 1.807) is 6.20 Å². The standard InChI is InChI=1S/C16H18FN3/c1-12(2)16-19-6-7-20(16)11-14-8-13(4-3-5-18)9-15(17)10-14/h6-10,12H,5,11,18H2,1-2H3. The molecule has 0 aliphatic rings. The zero-order valence-electron chi connectivity index (χ0n) is 11.7. The van der Waals surface area contributed by atoms with E-state index < -0.39 is 0 Å². The molecule has 0 spiro atoms. The van der Waals surface area contributed by atoms with Crippen LogP contribution >= 0.6 is 0 Å². The molecule has 0 unspecified atom stereocenters. The summed E-state index contributed by atoms with van der Waals surface area (Å²) in [6.07, 6.45) is 3.68. The lowest BCUT2D eigenvalue weighted by Crippen LogP contribution is -2.06. The van der Waals surface area contributed by atoms with Crippen molar-refractivity contribution < 1.29 is 4.39 Å². The summed E-state index contributed by atoms with van der Waals surface area (Å²) in [6, 6.07) is 4.83. The summed E-state index contributed by atoms with van der Waals surface area (Å²) in [5.74, 6) is 6.64. The molecule has 1 heterocycles. The third kappa shape index (κ3) is 3.46. The first-order chi connectivity index (χ1) is 9.60. The number of nitrogens with zero attached hydrogens (tertiary/aromatic N) is 2. The molecule has 0 saturated heterocycles. The lowest BCUT2D eigenvalue weighted by atomic mass is 10.1. The van der Waals surface area contributed by atoms with Crippen molar-refractivity contribution in [1.82, 2.24) is 9.55 Å². The van der Waals surface area contributed by atoms with E-state index in [-0.39, 0.29) is 12.4 Å². The highest BCUT2D eigenvalue weighted by atomic mass is 19.1. The van der Waals surface area contributed by atoms with Crippen LogP contribution in [0.1, 0.15) is 36.7 Å². The molecule has 0 aliphatic heterocycles. The monoisotopic (exact) mass is 271 g/mol. The Kier molecular flexibility index (Phi) is 4.54. The SMILES string of the molecule is CC(C)c1nccn1Cc1cc(F)cc(C#CCN)c1. The van der Waals surface area contributed by atoms with E-state index in [1.165, 1.54) is 12.1 Å². The Morgan fingerprint density at radius 2 is 2.15 bits per heavy atom. The number of aromatic nitrogens is 2. The molecule has 2 N–H and O–H groups in total. The first kappa shape index (κ1) is 14.3. The van der Waals surface area contributed by atoms with E-state index in [4.69, 9.17) is 5.73 Å². The van der Waals surface area contributed by atoms with Crippen LogP contribution in [0.2, 0.25) is 0 Å². The Labute approximate surface area is 118 Å². The fourth-order valence-electron chi connectivity index (χ4n) is 2.12. The van der Waals surface area contributed by atoms with Crippen molar-refractivity contribution in [3.63, 3.8) is 0 Å². The number of rotatable bonds is 3. The number of benzene rings is 1. The van der Waals surface area contributed by atoms with Crippen molar-refractivity contribution >= 4 is 0 Å². The van der Waals surface area contributed by atoms with Crippen LogP contribution in [0.3, 0.4) is 0 Å². The van der Waals surface area contributed by atoms with Crippen LogP contribution in [0.5, 0.6) is 0 Å². The fourth-order valence-corrected chi connectivity index (χ4v) is 2.12. The van der Waals surface area contributed by atoms with Gasteiger partial charge >= 0.3 is 0 Å². The van der Waals surface area contributed by atoms with E-state index in [0.29, 0.717) is 18.0 Å². The van der Waals surface area contributed by atoms with Crippen LogP contribution in [-0.4, -0.2) is 16.1 Å². The second-order valence-electron chi connectivity index (χ2n) is 4.92. The maximum absolute atomic E-state index is 13.6. The Morgan fingerprint density at radius 1 is 1.35 bits per heavy atom. The van der Waals surface area contributed by atoms with Gasteiger partial charge in [-0.1, -0.05) is 25.7 Å². The van der Waals surface area contributed by atoms with E-state index in [0.717, 1.165) is 11.4 Å². The van der Waals surface area contributed by atoms with Gasteiger partial charge in [-0.3, -0.25) is 0 Å². The Bertz CT molecular complexity index is 647. The minimum atomic E-state index is -0.282. The van der Waals surface area contributed by atoms with E-state index in [2.05, 4.69) is 30.7 Å². The minimum Gasteiger partial charge on any atom is -0.330 e. The van der Waals surface area contributed by atoms with Crippen LogP contribution in [0.4, 0.5) is 4.39 Å². The minimum absolute atomic E-state index is 0.269. The van der Waals surface area contributed by atoms with Gasteiger partial charge in [-0.2, -0.15) is 0 Å². The van der Waals surface area contributed by atoms with Crippen molar-refractivity contribution in [3.8, 4) is 11.8 Å². The van der Waals surface area contributed by atoms with Gasteiger partial charge in [0.25, 0.3) is 0 Å². The topological polar surface area (TPSA) is 43.8 Å². The average Bonchev–Trinajstić information content (AvgIpc) is 2.84. The maximum Gasteiger partial charge on any atom is 0.124 e. The number of nitrogens with two attached hydrogens (primary N) is 1. The van der Waals surface area contributed by atoms with Crippen LogP contribution < -0.4 is 5.73 Å². The molecule has 0 amide bonds. The lowest BCUT2D eigenvalue weighted by molar-refractivity contribution is 0.619. The van der Waals surface area contributed by atoms with Gasteiger partial charge < -0.3 is 10.3 Å². The van der Waals surface area contributed by atoms with Gasteiger partial charge in [-0.15, -0.1) is 0 Å². The molecule has 1 aromatic carbocycles. The van der Waals surface area contributed by atoms with Crippen LogP contribution in [0.25, 0.3) is 0 Å². The molecule has 1 aromatic heterocycles. The molecule has 0 radical (unpaired) electrons. The van der Waals surface area contributed by atoms with Gasteiger partial charge in [0.05, 0.1) is 6.54 Å². The quantitative estimate of drug-likeness (QED) is 0.872. The fraction of sp³-hybridized carbons (Fsp3) is 0.312. The zero-order chi connectivity index (χ0) is 14.5. The number of imidazole rings is 1. The van der Waals surface area contributed by atoms with Crippen LogP contribution in [0.15, 0.2) is 30.6 Å². The van der Waals surface area contributed by atoms with E-state index in [9.17, 15) is 4.39 Å². The normalized spacial score (nSPS) is 10.4. The van der Waals surface area contributed by atoms with Crippen molar-refractivity contribution in [2.75, 3.05) is 6.54 Å². The van der Waals surface area contributed by atoms with Gasteiger partial charge in [0.2, 0.25) is 0 Å². The predicted octanol–water partition coefficient (Wildman–Crippen LogP) is 2.50. The highest BCUT2D eigenvalue weighted by Crippen LogP contribution is 2.15. The molecule has 2 rings (SSSR count). The molecule has 0 saturated carbocycles. The third-order valence-electron chi connectivity index (χ3n) is 2.91. The number of halogens is 1. The molecule has 0 atom stereocenters. The Morgan fingerprint density at radius 3 is 2.85 bits per heavy atom. The summed E-state index contributed by atoms with van der Waals surface area (Å²) in [7, 11) is 0. The molecule has 0 fully saturated rings. The molecule has 3 nitrogen and oxygen atoms in total. The number of hydrogen-bond acceptors (Lipinski definition) is 2. The molecule has 2 aromatic rings. The third-order valence-corrected chi connectivity index (χ3v) is 2.91. The van der Waals surface area contributed by atoms with Gasteiger partial charge in [0.15, 0.2) is 0 Å². The Hall–Kier alpha value is -2.12. The molecular weight excluding hydrogens is 253 g/mol. The van der Waals surface area contributed by atoms with Crippen molar-refractivity contribution in [1.29, 1.82) is 0 Å². The summed E-state index contributed by atoms with van der Waals surface area (Å²) < 4.78 is 15.6. The smallest absolute Gasteiger partial charge is 0.124 e. The predicted molar refractivity (Wildman–Crippen MR) is 77.8 cm³/mol. The molecule has 104 valence electrons. The van der Waals surface area contributed by atoms with Crippen molar-refractivity contribution in [2.24, 2.45) is 5.73 Å². The highest BCUT2D eigenvalue weighted by molar-refractivity contribution is 5.38. The summed E-state index contributed by atoms with van der Waals surface area (Å²) in [6.45, 7) is 5.03. The summed E-state index contributed by atoms with van der Waals surface area (Å²) in [4.78, 5) is 4.33. The second-order valence-corrected chi connectivity index (χ2v) is 4.92. The first-order valence-corrected chi connectivity index (χ1v) is 6.59. The van der Waals surface area contributed by atoms with Gasteiger partial charge in [0.1, 0.15) is 11.6 Å². The van der Waals surface area contributed by atoms with Gasteiger partial charge in [-0.25, -0.2) is 9.37 Å². The summed E-state index contributed by atoms with van der Waals surface area (Å²) in [5.41, 5.74) is 6.85. The molecule has 0 aliphatic carbocycles. The van der Waals surface area contributed by atoms with Crippen LogP contribution in [-0.2, 0) is 6.54 Å². The van der Waals surface area contributed by atoms with E-state index in [1.807, 2.05) is 16.8 Å². The molecule has 4 heteroatoms. The van der Waals surface area contributed by atoms with Gasteiger partial charge in [0, 0.05) is 30.4 Å². The molecule has 0 bridgehead atoms. The Balaban J connectivity index is 2.29. The summed E-state index contributed by atoms with van der Waals surface area (Å²) in [5, 5.41) is 0. The summed E-state index contributed by atoms with van der Waals surface area (Å²) >= 11 is 0. The van der Waals surface area contributed by atoms with Crippen molar-refractivity contribution in [2.45, 2.75) is 26.3 Å². The van der Waals surface area contributed by atoms with E-state index >= 15 is 0 Å². The highest BCUT2D eigenvalue weighted by Gasteiger charge is 2.08.